The molecule has 5 nitrogen and oxygen atoms in total. The Hall–Kier alpha value is -2.04. The van der Waals surface area contributed by atoms with E-state index in [1.165, 1.54) is 11.1 Å². The maximum atomic E-state index is 12.4. The van der Waals surface area contributed by atoms with Crippen molar-refractivity contribution in [2.24, 2.45) is 0 Å². The van der Waals surface area contributed by atoms with Crippen LogP contribution in [0.2, 0.25) is 0 Å². The summed E-state index contributed by atoms with van der Waals surface area (Å²) < 4.78 is 0. The van der Waals surface area contributed by atoms with Gasteiger partial charge in [0.25, 0.3) is 0 Å². The number of amides is 3. The van der Waals surface area contributed by atoms with E-state index in [9.17, 15) is 9.59 Å². The van der Waals surface area contributed by atoms with Crippen LogP contribution in [0.4, 0.5) is 4.79 Å². The van der Waals surface area contributed by atoms with Crippen LogP contribution in [0.25, 0.3) is 0 Å². The third kappa shape index (κ3) is 3.59. The largest absolute Gasteiger partial charge is 0.354 e. The summed E-state index contributed by atoms with van der Waals surface area (Å²) >= 11 is 0. The van der Waals surface area contributed by atoms with Crippen LogP contribution in [0.15, 0.2) is 24.3 Å². The van der Waals surface area contributed by atoms with Gasteiger partial charge in [0, 0.05) is 18.6 Å². The second kappa shape index (κ2) is 5.99. The minimum absolute atomic E-state index is 0.0731. The van der Waals surface area contributed by atoms with Gasteiger partial charge in [-0.1, -0.05) is 29.8 Å². The highest BCUT2D eigenvalue weighted by molar-refractivity contribution is 5.84. The molecule has 2 fully saturated rings. The number of rotatable bonds is 3. The molecule has 3 amide bonds. The molecule has 0 radical (unpaired) electrons. The SMILES string of the molecule is Cc1ccc(CC2(NC(=O)N3CCCNC(=O)C3)CC2)cc1. The van der Waals surface area contributed by atoms with Crippen LogP contribution in [0.3, 0.4) is 0 Å². The lowest BCUT2D eigenvalue weighted by Crippen LogP contribution is -2.49. The Balaban J connectivity index is 1.60. The van der Waals surface area contributed by atoms with Gasteiger partial charge in [-0.15, -0.1) is 0 Å². The number of urea groups is 1. The molecule has 22 heavy (non-hydrogen) atoms. The maximum Gasteiger partial charge on any atom is 0.318 e. The van der Waals surface area contributed by atoms with Gasteiger partial charge in [-0.25, -0.2) is 4.79 Å². The predicted octanol–water partition coefficient (Wildman–Crippen LogP) is 1.60. The van der Waals surface area contributed by atoms with E-state index >= 15 is 0 Å². The van der Waals surface area contributed by atoms with Gasteiger partial charge in [0.15, 0.2) is 0 Å². The molecular weight excluding hydrogens is 278 g/mol. The van der Waals surface area contributed by atoms with E-state index in [-0.39, 0.29) is 24.0 Å². The van der Waals surface area contributed by atoms with Gasteiger partial charge in [-0.2, -0.15) is 0 Å². The second-order valence-electron chi connectivity index (χ2n) is 6.50. The Kier molecular flexibility index (Phi) is 4.05. The smallest absolute Gasteiger partial charge is 0.318 e. The monoisotopic (exact) mass is 301 g/mol. The molecule has 2 N–H and O–H groups in total. The van der Waals surface area contributed by atoms with Gasteiger partial charge in [0.2, 0.25) is 5.91 Å². The van der Waals surface area contributed by atoms with E-state index in [4.69, 9.17) is 0 Å². The quantitative estimate of drug-likeness (QED) is 0.891. The molecule has 3 rings (SSSR count). The van der Waals surface area contributed by atoms with Gasteiger partial charge in [0.1, 0.15) is 6.54 Å². The number of nitrogens with one attached hydrogen (secondary N) is 2. The van der Waals surface area contributed by atoms with Crippen LogP contribution in [-0.2, 0) is 11.2 Å². The number of nitrogens with zero attached hydrogens (tertiary/aromatic N) is 1. The number of hydrogen-bond donors (Lipinski definition) is 2. The molecule has 0 bridgehead atoms. The van der Waals surface area contributed by atoms with Gasteiger partial charge in [-0.3, -0.25) is 4.79 Å². The van der Waals surface area contributed by atoms with Gasteiger partial charge >= 0.3 is 6.03 Å². The van der Waals surface area contributed by atoms with Crippen LogP contribution in [0.5, 0.6) is 0 Å². The van der Waals surface area contributed by atoms with Crippen molar-refractivity contribution in [3.8, 4) is 0 Å². The molecule has 1 aromatic carbocycles. The molecule has 118 valence electrons. The van der Waals surface area contributed by atoms with Gasteiger partial charge < -0.3 is 15.5 Å². The standard InChI is InChI=1S/C17H23N3O2/c1-13-3-5-14(6-4-13)11-17(7-8-17)19-16(22)20-10-2-9-18-15(21)12-20/h3-6H,2,7-12H2,1H3,(H,18,21)(H,19,22). The summed E-state index contributed by atoms with van der Waals surface area (Å²) in [5, 5.41) is 5.95. The third-order valence-corrected chi connectivity index (χ3v) is 4.44. The molecule has 1 aliphatic heterocycles. The highest BCUT2D eigenvalue weighted by Gasteiger charge is 2.44. The lowest BCUT2D eigenvalue weighted by atomic mass is 10.0. The Morgan fingerprint density at radius 2 is 2.05 bits per heavy atom. The number of aryl methyl sites for hydroxylation is 1. The van der Waals surface area contributed by atoms with Crippen LogP contribution >= 0.6 is 0 Å². The van der Waals surface area contributed by atoms with E-state index in [0.717, 1.165) is 25.7 Å². The van der Waals surface area contributed by atoms with Crippen LogP contribution < -0.4 is 10.6 Å². The fourth-order valence-electron chi connectivity index (χ4n) is 2.88. The number of carbonyl (C=O) groups is 2. The summed E-state index contributed by atoms with van der Waals surface area (Å²) in [5.41, 5.74) is 2.37. The van der Waals surface area contributed by atoms with E-state index in [1.807, 2.05) is 0 Å². The molecular formula is C17H23N3O2. The molecule has 1 heterocycles. The minimum Gasteiger partial charge on any atom is -0.354 e. The fraction of sp³-hybridized carbons (Fsp3) is 0.529. The lowest BCUT2D eigenvalue weighted by molar-refractivity contribution is -0.121. The zero-order chi connectivity index (χ0) is 15.6. The topological polar surface area (TPSA) is 61.4 Å². The molecule has 0 unspecified atom stereocenters. The van der Waals surface area contributed by atoms with Crippen LogP contribution in [0.1, 0.15) is 30.4 Å². The Morgan fingerprint density at radius 3 is 2.73 bits per heavy atom. The summed E-state index contributed by atoms with van der Waals surface area (Å²) in [7, 11) is 0. The zero-order valence-electron chi connectivity index (χ0n) is 13.0. The van der Waals surface area contributed by atoms with E-state index in [0.29, 0.717) is 13.1 Å². The first kappa shape index (κ1) is 14.9. The number of benzene rings is 1. The third-order valence-electron chi connectivity index (χ3n) is 4.44. The van der Waals surface area contributed by atoms with E-state index < -0.39 is 0 Å². The van der Waals surface area contributed by atoms with Crippen LogP contribution in [-0.4, -0.2) is 42.0 Å². The number of carbonyl (C=O) groups excluding carboxylic acids is 2. The van der Waals surface area contributed by atoms with E-state index in [1.54, 1.807) is 4.90 Å². The Morgan fingerprint density at radius 1 is 1.32 bits per heavy atom. The van der Waals surface area contributed by atoms with Crippen LogP contribution in [0, 0.1) is 6.92 Å². The molecule has 1 saturated carbocycles. The lowest BCUT2D eigenvalue weighted by Gasteiger charge is -2.24. The molecule has 5 heteroatoms. The molecule has 0 aromatic heterocycles. The van der Waals surface area contributed by atoms with Crippen molar-refractivity contribution in [1.82, 2.24) is 15.5 Å². The summed E-state index contributed by atoms with van der Waals surface area (Å²) in [4.78, 5) is 25.6. The molecule has 1 aliphatic carbocycles. The highest BCUT2D eigenvalue weighted by Crippen LogP contribution is 2.38. The van der Waals surface area contributed by atoms with Crippen molar-refractivity contribution >= 4 is 11.9 Å². The second-order valence-corrected chi connectivity index (χ2v) is 6.50. The molecule has 1 saturated heterocycles. The molecule has 0 atom stereocenters. The summed E-state index contributed by atoms with van der Waals surface area (Å²) in [6.07, 6.45) is 3.68. The first-order valence-electron chi connectivity index (χ1n) is 7.96. The first-order chi connectivity index (χ1) is 10.6. The van der Waals surface area contributed by atoms with Gasteiger partial charge in [0.05, 0.1) is 0 Å². The molecule has 0 spiro atoms. The van der Waals surface area contributed by atoms with Crippen molar-refractivity contribution in [2.45, 2.75) is 38.1 Å². The average molecular weight is 301 g/mol. The van der Waals surface area contributed by atoms with Crippen molar-refractivity contribution in [1.29, 1.82) is 0 Å². The Labute approximate surface area is 131 Å². The minimum atomic E-state index is -0.116. The van der Waals surface area contributed by atoms with Crippen molar-refractivity contribution < 1.29 is 9.59 Å². The molecule has 2 aliphatic rings. The maximum absolute atomic E-state index is 12.4. The van der Waals surface area contributed by atoms with Crippen molar-refractivity contribution in [3.63, 3.8) is 0 Å². The highest BCUT2D eigenvalue weighted by atomic mass is 16.2. The zero-order valence-corrected chi connectivity index (χ0v) is 13.0. The van der Waals surface area contributed by atoms with Crippen molar-refractivity contribution in [3.05, 3.63) is 35.4 Å². The average Bonchev–Trinajstić information content (AvgIpc) is 3.26. The summed E-state index contributed by atoms with van der Waals surface area (Å²) in [6.45, 7) is 3.51. The van der Waals surface area contributed by atoms with Crippen molar-refractivity contribution in [2.75, 3.05) is 19.6 Å². The normalized spacial score (nSPS) is 20.0. The molecule has 1 aromatic rings. The number of hydrogen-bond acceptors (Lipinski definition) is 2. The summed E-state index contributed by atoms with van der Waals surface area (Å²) in [6, 6.07) is 8.35. The predicted molar refractivity (Wildman–Crippen MR) is 84.6 cm³/mol. The summed E-state index contributed by atoms with van der Waals surface area (Å²) in [5.74, 6) is -0.0731. The van der Waals surface area contributed by atoms with Gasteiger partial charge in [-0.05, 0) is 38.2 Å². The fourth-order valence-corrected chi connectivity index (χ4v) is 2.88. The Bertz CT molecular complexity index is 564. The first-order valence-corrected chi connectivity index (χ1v) is 7.96. The van der Waals surface area contributed by atoms with E-state index in [2.05, 4.69) is 41.8 Å².